The Balaban J connectivity index is 1.80. The zero-order chi connectivity index (χ0) is 15.5. The lowest BCUT2D eigenvalue weighted by atomic mass is 10.0. The fourth-order valence-corrected chi connectivity index (χ4v) is 2.68. The molecule has 0 aliphatic carbocycles. The molecule has 0 unspecified atom stereocenters. The Morgan fingerprint density at radius 2 is 1.73 bits per heavy atom. The second kappa shape index (κ2) is 6.02. The molecule has 0 N–H and O–H groups in total. The van der Waals surface area contributed by atoms with Crippen molar-refractivity contribution in [2.75, 3.05) is 0 Å². The molecule has 0 aromatic heterocycles. The summed E-state index contributed by atoms with van der Waals surface area (Å²) in [4.78, 5) is 12.3. The Kier molecular flexibility index (Phi) is 3.92. The highest BCUT2D eigenvalue weighted by Gasteiger charge is 2.11. The fourth-order valence-electron chi connectivity index (χ4n) is 2.68. The normalized spacial score (nSPS) is 10.6. The second-order valence-corrected chi connectivity index (χ2v) is 5.53. The Bertz CT molecular complexity index is 829. The highest BCUT2D eigenvalue weighted by Crippen LogP contribution is 2.20. The highest BCUT2D eigenvalue weighted by molar-refractivity contribution is 5.91. The third-order valence-corrected chi connectivity index (χ3v) is 3.84. The number of ether oxygens (including phenoxy) is 1. The van der Waals surface area contributed by atoms with Gasteiger partial charge in [0.05, 0.1) is 5.56 Å². The number of benzene rings is 3. The van der Waals surface area contributed by atoms with Crippen molar-refractivity contribution < 1.29 is 9.53 Å². The van der Waals surface area contributed by atoms with E-state index in [1.807, 2.05) is 56.3 Å². The van der Waals surface area contributed by atoms with Crippen LogP contribution in [-0.2, 0) is 11.3 Å². The number of carbonyl (C=O) groups is 1. The molecule has 3 aromatic rings. The van der Waals surface area contributed by atoms with Crippen LogP contribution in [0.2, 0.25) is 0 Å². The third-order valence-electron chi connectivity index (χ3n) is 3.84. The van der Waals surface area contributed by atoms with Crippen LogP contribution in [-0.4, -0.2) is 5.97 Å². The first-order valence-electron chi connectivity index (χ1n) is 7.36. The van der Waals surface area contributed by atoms with E-state index in [-0.39, 0.29) is 12.6 Å². The monoisotopic (exact) mass is 290 g/mol. The van der Waals surface area contributed by atoms with Gasteiger partial charge in [-0.25, -0.2) is 4.79 Å². The summed E-state index contributed by atoms with van der Waals surface area (Å²) in [5.41, 5.74) is 3.74. The van der Waals surface area contributed by atoms with Gasteiger partial charge in [0.1, 0.15) is 6.61 Å². The average molecular weight is 290 g/mol. The molecule has 0 fully saturated rings. The van der Waals surface area contributed by atoms with Crippen molar-refractivity contribution >= 4 is 16.7 Å². The van der Waals surface area contributed by atoms with Gasteiger partial charge in [-0.05, 0) is 41.8 Å². The van der Waals surface area contributed by atoms with Crippen molar-refractivity contribution in [1.82, 2.24) is 0 Å². The van der Waals surface area contributed by atoms with Gasteiger partial charge in [-0.15, -0.1) is 0 Å². The van der Waals surface area contributed by atoms with Gasteiger partial charge in [-0.1, -0.05) is 60.2 Å². The predicted molar refractivity (Wildman–Crippen MR) is 89.0 cm³/mol. The average Bonchev–Trinajstić information content (AvgIpc) is 2.52. The Labute approximate surface area is 130 Å². The van der Waals surface area contributed by atoms with E-state index >= 15 is 0 Å². The molecule has 0 radical (unpaired) electrons. The van der Waals surface area contributed by atoms with Gasteiger partial charge in [-0.2, -0.15) is 0 Å². The van der Waals surface area contributed by atoms with Gasteiger partial charge in [0.2, 0.25) is 0 Å². The molecular formula is C20H18O2. The van der Waals surface area contributed by atoms with Crippen molar-refractivity contribution in [3.63, 3.8) is 0 Å². The first kappa shape index (κ1) is 14.3. The van der Waals surface area contributed by atoms with Crippen LogP contribution in [0.5, 0.6) is 0 Å². The molecule has 0 heterocycles. The Morgan fingerprint density at radius 3 is 2.55 bits per heavy atom. The minimum atomic E-state index is -0.273. The van der Waals surface area contributed by atoms with E-state index in [9.17, 15) is 4.79 Å². The summed E-state index contributed by atoms with van der Waals surface area (Å²) in [6.07, 6.45) is 0. The van der Waals surface area contributed by atoms with Crippen LogP contribution >= 0.6 is 0 Å². The number of fused-ring (bicyclic) bond motifs is 1. The summed E-state index contributed by atoms with van der Waals surface area (Å²) in [7, 11) is 0. The van der Waals surface area contributed by atoms with Crippen LogP contribution in [0.15, 0.2) is 60.7 Å². The van der Waals surface area contributed by atoms with E-state index in [4.69, 9.17) is 4.74 Å². The maximum absolute atomic E-state index is 12.3. The molecule has 0 aliphatic heterocycles. The number of hydrogen-bond donors (Lipinski definition) is 0. The minimum absolute atomic E-state index is 0.273. The number of rotatable bonds is 3. The van der Waals surface area contributed by atoms with Gasteiger partial charge in [0.25, 0.3) is 0 Å². The predicted octanol–water partition coefficient (Wildman–Crippen LogP) is 4.81. The first-order chi connectivity index (χ1) is 10.6. The van der Waals surface area contributed by atoms with Gasteiger partial charge >= 0.3 is 5.97 Å². The third kappa shape index (κ3) is 2.86. The van der Waals surface area contributed by atoms with E-state index in [2.05, 4.69) is 18.2 Å². The molecule has 3 aromatic carbocycles. The molecule has 0 amide bonds. The molecule has 0 atom stereocenters. The molecule has 0 aliphatic rings. The lowest BCUT2D eigenvalue weighted by molar-refractivity contribution is 0.0473. The quantitative estimate of drug-likeness (QED) is 0.647. The topological polar surface area (TPSA) is 26.3 Å². The van der Waals surface area contributed by atoms with Gasteiger partial charge in [0.15, 0.2) is 0 Å². The molecule has 0 spiro atoms. The molecule has 2 nitrogen and oxygen atoms in total. The SMILES string of the molecule is Cc1ccc(C(=O)OCc2cccc3ccccc23)c(C)c1. The maximum Gasteiger partial charge on any atom is 0.338 e. The molecule has 3 rings (SSSR count). The van der Waals surface area contributed by atoms with Crippen molar-refractivity contribution in [3.05, 3.63) is 82.9 Å². The zero-order valence-electron chi connectivity index (χ0n) is 12.8. The van der Waals surface area contributed by atoms with E-state index in [1.54, 1.807) is 0 Å². The molecule has 0 bridgehead atoms. The largest absolute Gasteiger partial charge is 0.457 e. The van der Waals surface area contributed by atoms with Crippen molar-refractivity contribution in [2.45, 2.75) is 20.5 Å². The van der Waals surface area contributed by atoms with Crippen LogP contribution in [0, 0.1) is 13.8 Å². The second-order valence-electron chi connectivity index (χ2n) is 5.53. The summed E-state index contributed by atoms with van der Waals surface area (Å²) in [6.45, 7) is 4.23. The zero-order valence-corrected chi connectivity index (χ0v) is 12.8. The summed E-state index contributed by atoms with van der Waals surface area (Å²) < 4.78 is 5.50. The molecule has 22 heavy (non-hydrogen) atoms. The Morgan fingerprint density at radius 1 is 0.955 bits per heavy atom. The van der Waals surface area contributed by atoms with Crippen molar-refractivity contribution in [3.8, 4) is 0 Å². The lowest BCUT2D eigenvalue weighted by Gasteiger charge is -2.10. The van der Waals surface area contributed by atoms with Gasteiger partial charge in [0, 0.05) is 0 Å². The van der Waals surface area contributed by atoms with Crippen LogP contribution in [0.4, 0.5) is 0 Å². The summed E-state index contributed by atoms with van der Waals surface area (Å²) in [5, 5.41) is 2.28. The fraction of sp³-hybridized carbons (Fsp3) is 0.150. The van der Waals surface area contributed by atoms with Crippen molar-refractivity contribution in [1.29, 1.82) is 0 Å². The molecule has 0 saturated carbocycles. The molecule has 0 saturated heterocycles. The van der Waals surface area contributed by atoms with Gasteiger partial charge < -0.3 is 4.74 Å². The smallest absolute Gasteiger partial charge is 0.338 e. The summed E-state index contributed by atoms with van der Waals surface area (Å²) in [5.74, 6) is -0.273. The lowest BCUT2D eigenvalue weighted by Crippen LogP contribution is -2.07. The minimum Gasteiger partial charge on any atom is -0.457 e. The standard InChI is InChI=1S/C20H18O2/c1-14-10-11-18(15(2)12-14)20(21)22-13-17-8-5-7-16-6-3-4-9-19(16)17/h3-12H,13H2,1-2H3. The van der Waals surface area contributed by atoms with Crippen LogP contribution in [0.25, 0.3) is 10.8 Å². The molecule has 110 valence electrons. The van der Waals surface area contributed by atoms with Crippen molar-refractivity contribution in [2.24, 2.45) is 0 Å². The summed E-state index contributed by atoms with van der Waals surface area (Å²) >= 11 is 0. The Hall–Kier alpha value is -2.61. The highest BCUT2D eigenvalue weighted by atomic mass is 16.5. The van der Waals surface area contributed by atoms with E-state index in [0.717, 1.165) is 27.5 Å². The molecule has 2 heteroatoms. The first-order valence-corrected chi connectivity index (χ1v) is 7.36. The molecular weight excluding hydrogens is 272 g/mol. The van der Waals surface area contributed by atoms with Crippen LogP contribution in [0.3, 0.4) is 0 Å². The number of aryl methyl sites for hydroxylation is 2. The van der Waals surface area contributed by atoms with E-state index in [1.165, 1.54) is 0 Å². The van der Waals surface area contributed by atoms with Crippen LogP contribution in [0.1, 0.15) is 27.0 Å². The summed E-state index contributed by atoms with van der Waals surface area (Å²) in [6, 6.07) is 19.9. The van der Waals surface area contributed by atoms with Gasteiger partial charge in [-0.3, -0.25) is 0 Å². The number of carbonyl (C=O) groups excluding carboxylic acids is 1. The van der Waals surface area contributed by atoms with E-state index in [0.29, 0.717) is 5.56 Å². The van der Waals surface area contributed by atoms with Crippen LogP contribution < -0.4 is 0 Å². The number of esters is 1. The maximum atomic E-state index is 12.3. The number of hydrogen-bond acceptors (Lipinski definition) is 2. The van der Waals surface area contributed by atoms with E-state index < -0.39 is 0 Å².